The first kappa shape index (κ1) is 20.4. The predicted molar refractivity (Wildman–Crippen MR) is 117 cm³/mol. The second-order valence-electron chi connectivity index (χ2n) is 8.51. The maximum absolute atomic E-state index is 13.1. The number of rotatable bonds is 7. The zero-order chi connectivity index (χ0) is 20.4. The third-order valence-electron chi connectivity index (χ3n) is 6.17. The number of hydrogen-bond donors (Lipinski definition) is 1. The Morgan fingerprint density at radius 3 is 2.66 bits per heavy atom. The highest BCUT2D eigenvalue weighted by Gasteiger charge is 2.33. The molecule has 1 saturated carbocycles. The Morgan fingerprint density at radius 2 is 2.00 bits per heavy atom. The number of carbonyl (C=O) groups is 1. The summed E-state index contributed by atoms with van der Waals surface area (Å²) in [5, 5.41) is 8.57. The predicted octanol–water partition coefficient (Wildman–Crippen LogP) is 4.71. The number of piperidine rings is 1. The van der Waals surface area contributed by atoms with Crippen molar-refractivity contribution in [2.45, 2.75) is 64.3 Å². The average Bonchev–Trinajstić information content (AvgIpc) is 3.47. The first-order chi connectivity index (χ1) is 14.1. The Hall–Kier alpha value is -1.85. The number of nitrogens with zero attached hydrogens (tertiary/aromatic N) is 3. The van der Waals surface area contributed by atoms with Gasteiger partial charge >= 0.3 is 0 Å². The summed E-state index contributed by atoms with van der Waals surface area (Å²) in [6, 6.07) is 6.21. The van der Waals surface area contributed by atoms with Crippen LogP contribution >= 0.6 is 11.6 Å². The zero-order valence-electron chi connectivity index (χ0n) is 17.5. The number of aryl methyl sites for hydroxylation is 1. The van der Waals surface area contributed by atoms with E-state index >= 15 is 0 Å². The Kier molecular flexibility index (Phi) is 6.26. The topological polar surface area (TPSA) is 50.2 Å². The average molecular weight is 415 g/mol. The molecule has 1 aliphatic heterocycles. The van der Waals surface area contributed by atoms with Crippen molar-refractivity contribution >= 4 is 17.5 Å². The van der Waals surface area contributed by atoms with Crippen LogP contribution in [0, 0.1) is 6.92 Å². The maximum Gasteiger partial charge on any atom is 0.255 e. The molecule has 29 heavy (non-hydrogen) atoms. The Balaban J connectivity index is 1.47. The van der Waals surface area contributed by atoms with E-state index in [1.165, 1.54) is 19.4 Å². The first-order valence-electron chi connectivity index (χ1n) is 10.9. The van der Waals surface area contributed by atoms with Crippen LogP contribution in [0.3, 0.4) is 0 Å². The number of carbonyl (C=O) groups excluding carboxylic acids is 1. The van der Waals surface area contributed by atoms with Crippen molar-refractivity contribution in [3.8, 4) is 5.69 Å². The number of unbranched alkanes of at least 4 members (excludes halogenated alkanes) is 1. The molecule has 0 spiro atoms. The van der Waals surface area contributed by atoms with E-state index in [-0.39, 0.29) is 11.9 Å². The standard InChI is InChI=1S/C23H31ClN4O/c1-3-4-11-27-12-9-18(10-13-27)26-23(29)20-15-25-28(22(20)17-6-7-17)19-8-5-16(2)21(24)14-19/h5,8,14-15,17-18H,3-4,6-7,9-13H2,1-2H3,(H,26,29). The largest absolute Gasteiger partial charge is 0.349 e. The molecule has 1 aromatic heterocycles. The molecule has 2 aromatic rings. The molecule has 1 N–H and O–H groups in total. The Bertz CT molecular complexity index is 866. The van der Waals surface area contributed by atoms with Crippen LogP contribution in [0.25, 0.3) is 5.69 Å². The van der Waals surface area contributed by atoms with Crippen LogP contribution in [-0.2, 0) is 0 Å². The van der Waals surface area contributed by atoms with E-state index in [1.54, 1.807) is 6.20 Å². The SMILES string of the molecule is CCCCN1CCC(NC(=O)c2cnn(-c3ccc(C)c(Cl)c3)c2C2CC2)CC1. The summed E-state index contributed by atoms with van der Waals surface area (Å²) in [7, 11) is 0. The number of aromatic nitrogens is 2. The number of hydrogen-bond acceptors (Lipinski definition) is 3. The van der Waals surface area contributed by atoms with Gasteiger partial charge in [-0.1, -0.05) is 31.0 Å². The monoisotopic (exact) mass is 414 g/mol. The molecular weight excluding hydrogens is 384 g/mol. The van der Waals surface area contributed by atoms with Gasteiger partial charge < -0.3 is 10.2 Å². The van der Waals surface area contributed by atoms with Gasteiger partial charge in [0.2, 0.25) is 0 Å². The molecule has 2 heterocycles. The van der Waals surface area contributed by atoms with Crippen molar-refractivity contribution in [2.24, 2.45) is 0 Å². The van der Waals surface area contributed by atoms with Gasteiger partial charge in [0.1, 0.15) is 0 Å². The molecule has 0 unspecified atom stereocenters. The molecular formula is C23H31ClN4O. The van der Waals surface area contributed by atoms with Crippen LogP contribution in [0.4, 0.5) is 0 Å². The van der Waals surface area contributed by atoms with Crippen molar-refractivity contribution in [1.82, 2.24) is 20.0 Å². The second-order valence-corrected chi connectivity index (χ2v) is 8.91. The molecule has 1 aromatic carbocycles. The molecule has 1 amide bonds. The van der Waals surface area contributed by atoms with Gasteiger partial charge in [0.05, 0.1) is 23.1 Å². The molecule has 2 aliphatic rings. The summed E-state index contributed by atoms with van der Waals surface area (Å²) in [5.74, 6) is 0.428. The molecule has 2 fully saturated rings. The van der Waals surface area contributed by atoms with Crippen LogP contribution in [0.5, 0.6) is 0 Å². The van der Waals surface area contributed by atoms with Gasteiger partial charge in [-0.2, -0.15) is 5.10 Å². The summed E-state index contributed by atoms with van der Waals surface area (Å²) in [6.07, 6.45) is 8.49. The Labute approximate surface area is 178 Å². The number of amides is 1. The molecule has 156 valence electrons. The lowest BCUT2D eigenvalue weighted by molar-refractivity contribution is 0.0909. The minimum Gasteiger partial charge on any atom is -0.349 e. The molecule has 4 rings (SSSR count). The fourth-order valence-corrected chi connectivity index (χ4v) is 4.32. The van der Waals surface area contributed by atoms with E-state index in [1.807, 2.05) is 29.8 Å². The Morgan fingerprint density at radius 1 is 1.24 bits per heavy atom. The number of halogens is 1. The van der Waals surface area contributed by atoms with E-state index in [4.69, 9.17) is 11.6 Å². The van der Waals surface area contributed by atoms with Gasteiger partial charge in [0.15, 0.2) is 0 Å². The van der Waals surface area contributed by atoms with E-state index in [9.17, 15) is 4.79 Å². The maximum atomic E-state index is 13.1. The first-order valence-corrected chi connectivity index (χ1v) is 11.3. The highest BCUT2D eigenvalue weighted by atomic mass is 35.5. The molecule has 1 aliphatic carbocycles. The minimum absolute atomic E-state index is 0.0170. The second kappa shape index (κ2) is 8.88. The summed E-state index contributed by atoms with van der Waals surface area (Å²) in [6.45, 7) is 7.54. The van der Waals surface area contributed by atoms with E-state index in [0.717, 1.165) is 66.3 Å². The number of nitrogens with one attached hydrogen (secondary N) is 1. The third-order valence-corrected chi connectivity index (χ3v) is 6.57. The van der Waals surface area contributed by atoms with Gasteiger partial charge in [-0.25, -0.2) is 4.68 Å². The van der Waals surface area contributed by atoms with Crippen LogP contribution in [-0.4, -0.2) is 46.3 Å². The molecule has 6 heteroatoms. The van der Waals surface area contributed by atoms with Gasteiger partial charge in [0, 0.05) is 30.1 Å². The van der Waals surface area contributed by atoms with Crippen molar-refractivity contribution in [2.75, 3.05) is 19.6 Å². The van der Waals surface area contributed by atoms with Crippen LogP contribution in [0.15, 0.2) is 24.4 Å². The van der Waals surface area contributed by atoms with Crippen molar-refractivity contribution in [3.63, 3.8) is 0 Å². The van der Waals surface area contributed by atoms with Crippen molar-refractivity contribution < 1.29 is 4.79 Å². The lowest BCUT2D eigenvalue weighted by Crippen LogP contribution is -2.45. The highest BCUT2D eigenvalue weighted by Crippen LogP contribution is 2.42. The fraction of sp³-hybridized carbons (Fsp3) is 0.565. The molecule has 1 saturated heterocycles. The van der Waals surface area contributed by atoms with Gasteiger partial charge in [-0.05, 0) is 63.3 Å². The van der Waals surface area contributed by atoms with E-state index in [2.05, 4.69) is 22.2 Å². The fourth-order valence-electron chi connectivity index (χ4n) is 4.15. The van der Waals surface area contributed by atoms with Crippen LogP contribution in [0.2, 0.25) is 5.02 Å². The lowest BCUT2D eigenvalue weighted by atomic mass is 10.0. The zero-order valence-corrected chi connectivity index (χ0v) is 18.2. The number of likely N-dealkylation sites (tertiary alicyclic amines) is 1. The van der Waals surface area contributed by atoms with Crippen LogP contribution < -0.4 is 5.32 Å². The summed E-state index contributed by atoms with van der Waals surface area (Å²) in [5.41, 5.74) is 3.71. The summed E-state index contributed by atoms with van der Waals surface area (Å²) >= 11 is 6.33. The van der Waals surface area contributed by atoms with E-state index < -0.39 is 0 Å². The minimum atomic E-state index is 0.0170. The quantitative estimate of drug-likeness (QED) is 0.714. The van der Waals surface area contributed by atoms with Gasteiger partial charge in [-0.15, -0.1) is 0 Å². The van der Waals surface area contributed by atoms with Crippen LogP contribution in [0.1, 0.15) is 73.0 Å². The molecule has 0 radical (unpaired) electrons. The normalized spacial score (nSPS) is 18.2. The third kappa shape index (κ3) is 4.67. The van der Waals surface area contributed by atoms with E-state index in [0.29, 0.717) is 5.92 Å². The van der Waals surface area contributed by atoms with Gasteiger partial charge in [-0.3, -0.25) is 4.79 Å². The highest BCUT2D eigenvalue weighted by molar-refractivity contribution is 6.31. The molecule has 0 bridgehead atoms. The van der Waals surface area contributed by atoms with Gasteiger partial charge in [0.25, 0.3) is 5.91 Å². The summed E-state index contributed by atoms with van der Waals surface area (Å²) < 4.78 is 1.91. The number of benzene rings is 1. The molecule has 0 atom stereocenters. The summed E-state index contributed by atoms with van der Waals surface area (Å²) in [4.78, 5) is 15.6. The van der Waals surface area contributed by atoms with Crippen molar-refractivity contribution in [3.05, 3.63) is 46.2 Å². The molecule has 5 nitrogen and oxygen atoms in total. The lowest BCUT2D eigenvalue weighted by Gasteiger charge is -2.32. The van der Waals surface area contributed by atoms with Crippen molar-refractivity contribution in [1.29, 1.82) is 0 Å². The smallest absolute Gasteiger partial charge is 0.255 e.